The maximum Gasteiger partial charge on any atom is 0.0267 e. The highest BCUT2D eigenvalue weighted by atomic mass is 16.0. The van der Waals surface area contributed by atoms with Gasteiger partial charge < -0.3 is 5.48 Å². The van der Waals surface area contributed by atoms with Gasteiger partial charge in [0.25, 0.3) is 0 Å². The molecule has 0 spiro atoms. The molecule has 9 heavy (non-hydrogen) atoms. The second kappa shape index (κ2) is 10.2. The first-order chi connectivity index (χ1) is 4.00. The SMILES string of the molecule is CC.O.c1ccncc1. The molecule has 2 heteroatoms. The molecule has 0 aliphatic carbocycles. The minimum absolute atomic E-state index is 0. The van der Waals surface area contributed by atoms with Crippen molar-refractivity contribution in [2.75, 3.05) is 0 Å². The van der Waals surface area contributed by atoms with Gasteiger partial charge in [-0.2, -0.15) is 0 Å². The summed E-state index contributed by atoms with van der Waals surface area (Å²) in [4.78, 5) is 3.78. The third kappa shape index (κ3) is 7.11. The standard InChI is InChI=1S/C5H5N.C2H6.H2O/c1-2-4-6-5-3-1;1-2;/h1-5H;1-2H3;1H2. The van der Waals surface area contributed by atoms with E-state index >= 15 is 0 Å². The molecule has 0 aromatic carbocycles. The predicted octanol–water partition coefficient (Wildman–Crippen LogP) is 1.28. The fraction of sp³-hybridized carbons (Fsp3) is 0.286. The van der Waals surface area contributed by atoms with Crippen molar-refractivity contribution in [3.63, 3.8) is 0 Å². The molecule has 0 fully saturated rings. The van der Waals surface area contributed by atoms with E-state index in [1.165, 1.54) is 0 Å². The van der Waals surface area contributed by atoms with Crippen molar-refractivity contribution in [1.82, 2.24) is 4.98 Å². The van der Waals surface area contributed by atoms with Gasteiger partial charge >= 0.3 is 0 Å². The molecule has 0 unspecified atom stereocenters. The Morgan fingerprint density at radius 2 is 1.33 bits per heavy atom. The van der Waals surface area contributed by atoms with Crippen LogP contribution < -0.4 is 0 Å². The molecule has 0 aliphatic rings. The fourth-order valence-electron chi connectivity index (χ4n) is 0.313. The topological polar surface area (TPSA) is 44.4 Å². The molecule has 0 radical (unpaired) electrons. The van der Waals surface area contributed by atoms with Gasteiger partial charge in [-0.1, -0.05) is 19.9 Å². The van der Waals surface area contributed by atoms with Crippen LogP contribution in [0.15, 0.2) is 30.6 Å². The van der Waals surface area contributed by atoms with Crippen molar-refractivity contribution in [3.8, 4) is 0 Å². The summed E-state index contributed by atoms with van der Waals surface area (Å²) < 4.78 is 0. The first kappa shape index (κ1) is 11.0. The zero-order valence-corrected chi connectivity index (χ0v) is 5.83. The fourth-order valence-corrected chi connectivity index (χ4v) is 0.313. The number of hydrogen-bond donors (Lipinski definition) is 0. The summed E-state index contributed by atoms with van der Waals surface area (Å²) in [7, 11) is 0. The summed E-state index contributed by atoms with van der Waals surface area (Å²) in [6, 6.07) is 5.72. The van der Waals surface area contributed by atoms with Gasteiger partial charge in [-0.25, -0.2) is 0 Å². The number of pyridine rings is 1. The van der Waals surface area contributed by atoms with Gasteiger partial charge in [0.1, 0.15) is 0 Å². The smallest absolute Gasteiger partial charge is 0.0267 e. The average molecular weight is 127 g/mol. The van der Waals surface area contributed by atoms with Crippen LogP contribution in [0, 0.1) is 0 Å². The molecule has 1 rings (SSSR count). The number of rotatable bonds is 0. The van der Waals surface area contributed by atoms with E-state index in [4.69, 9.17) is 0 Å². The summed E-state index contributed by atoms with van der Waals surface area (Å²) in [6.07, 6.45) is 3.50. The Hall–Kier alpha value is -0.890. The van der Waals surface area contributed by atoms with Crippen molar-refractivity contribution in [1.29, 1.82) is 0 Å². The van der Waals surface area contributed by atoms with E-state index < -0.39 is 0 Å². The van der Waals surface area contributed by atoms with Crippen molar-refractivity contribution < 1.29 is 5.48 Å². The van der Waals surface area contributed by atoms with Crippen molar-refractivity contribution in [2.24, 2.45) is 0 Å². The zero-order chi connectivity index (χ0) is 6.24. The quantitative estimate of drug-likeness (QED) is 0.517. The summed E-state index contributed by atoms with van der Waals surface area (Å²) >= 11 is 0. The van der Waals surface area contributed by atoms with Crippen LogP contribution in [0.25, 0.3) is 0 Å². The van der Waals surface area contributed by atoms with Crippen LogP contribution in [0.3, 0.4) is 0 Å². The lowest BCUT2D eigenvalue weighted by molar-refractivity contribution is 0.824. The molecule has 0 aliphatic heterocycles. The van der Waals surface area contributed by atoms with E-state index in [2.05, 4.69) is 4.98 Å². The second-order valence-corrected chi connectivity index (χ2v) is 1.02. The maximum absolute atomic E-state index is 3.78. The molecule has 2 nitrogen and oxygen atoms in total. The van der Waals surface area contributed by atoms with Gasteiger partial charge in [-0.05, 0) is 12.1 Å². The maximum atomic E-state index is 3.78. The summed E-state index contributed by atoms with van der Waals surface area (Å²) in [5, 5.41) is 0. The molecule has 1 heterocycles. The highest BCUT2D eigenvalue weighted by molar-refractivity contribution is 4.88. The molecule has 1 aromatic rings. The number of nitrogens with zero attached hydrogens (tertiary/aromatic N) is 1. The molecule has 0 saturated heterocycles. The van der Waals surface area contributed by atoms with Gasteiger partial charge in [-0.3, -0.25) is 4.98 Å². The van der Waals surface area contributed by atoms with Crippen LogP contribution in [-0.2, 0) is 0 Å². The molecule has 0 amide bonds. The highest BCUT2D eigenvalue weighted by Crippen LogP contribution is 1.73. The van der Waals surface area contributed by atoms with E-state index in [-0.39, 0.29) is 5.48 Å². The minimum Gasteiger partial charge on any atom is -0.412 e. The molecule has 1 aromatic heterocycles. The molecule has 0 bridgehead atoms. The Bertz CT molecular complexity index is 80.8. The molecule has 0 saturated carbocycles. The Morgan fingerprint density at radius 1 is 0.889 bits per heavy atom. The van der Waals surface area contributed by atoms with E-state index in [9.17, 15) is 0 Å². The molecule has 0 atom stereocenters. The third-order valence-electron chi connectivity index (χ3n) is 0.566. The van der Waals surface area contributed by atoms with Crippen molar-refractivity contribution in [2.45, 2.75) is 13.8 Å². The highest BCUT2D eigenvalue weighted by Gasteiger charge is 1.58. The van der Waals surface area contributed by atoms with Crippen LogP contribution in [0.2, 0.25) is 0 Å². The summed E-state index contributed by atoms with van der Waals surface area (Å²) in [6.45, 7) is 4.00. The Labute approximate surface area is 55.9 Å². The number of aromatic nitrogens is 1. The second-order valence-electron chi connectivity index (χ2n) is 1.02. The molecular formula is C7H13NO. The summed E-state index contributed by atoms with van der Waals surface area (Å²) in [5.41, 5.74) is 0. The van der Waals surface area contributed by atoms with Crippen LogP contribution in [0.1, 0.15) is 13.8 Å². The zero-order valence-electron chi connectivity index (χ0n) is 5.83. The lowest BCUT2D eigenvalue weighted by atomic mass is 10.5. The average Bonchev–Trinajstić information content (AvgIpc) is 1.96. The van der Waals surface area contributed by atoms with Gasteiger partial charge in [0.2, 0.25) is 0 Å². The predicted molar refractivity (Wildman–Crippen MR) is 39.2 cm³/mol. The first-order valence-corrected chi connectivity index (χ1v) is 2.85. The van der Waals surface area contributed by atoms with E-state index in [0.717, 1.165) is 0 Å². The lowest BCUT2D eigenvalue weighted by Crippen LogP contribution is -1.58. The summed E-state index contributed by atoms with van der Waals surface area (Å²) in [5.74, 6) is 0. The largest absolute Gasteiger partial charge is 0.412 e. The van der Waals surface area contributed by atoms with Gasteiger partial charge in [-0.15, -0.1) is 0 Å². The normalized spacial score (nSPS) is 6.00. The third-order valence-corrected chi connectivity index (χ3v) is 0.566. The minimum atomic E-state index is 0. The van der Waals surface area contributed by atoms with Crippen LogP contribution in [0.4, 0.5) is 0 Å². The van der Waals surface area contributed by atoms with Gasteiger partial charge in [0.05, 0.1) is 0 Å². The first-order valence-electron chi connectivity index (χ1n) is 2.85. The van der Waals surface area contributed by atoms with Gasteiger partial charge in [0.15, 0.2) is 0 Å². The Kier molecular flexibility index (Phi) is 12.4. The lowest BCUT2D eigenvalue weighted by Gasteiger charge is -1.70. The molecule has 2 N–H and O–H groups in total. The number of hydrogen-bond acceptors (Lipinski definition) is 1. The molecular weight excluding hydrogens is 114 g/mol. The monoisotopic (exact) mass is 127 g/mol. The van der Waals surface area contributed by atoms with E-state index in [0.29, 0.717) is 0 Å². The van der Waals surface area contributed by atoms with Crippen LogP contribution in [0.5, 0.6) is 0 Å². The van der Waals surface area contributed by atoms with E-state index in [1.54, 1.807) is 12.4 Å². The van der Waals surface area contributed by atoms with E-state index in [1.807, 2.05) is 32.0 Å². The Morgan fingerprint density at radius 3 is 1.44 bits per heavy atom. The van der Waals surface area contributed by atoms with Crippen molar-refractivity contribution >= 4 is 0 Å². The Balaban J connectivity index is 0. The van der Waals surface area contributed by atoms with Crippen LogP contribution >= 0.6 is 0 Å². The van der Waals surface area contributed by atoms with Crippen LogP contribution in [-0.4, -0.2) is 10.5 Å². The van der Waals surface area contributed by atoms with Crippen molar-refractivity contribution in [3.05, 3.63) is 30.6 Å². The molecule has 52 valence electrons. The van der Waals surface area contributed by atoms with Gasteiger partial charge in [0, 0.05) is 12.4 Å².